The topological polar surface area (TPSA) is 52.3 Å². The van der Waals surface area contributed by atoms with Crippen LogP contribution in [0.25, 0.3) is 0 Å². The van der Waals surface area contributed by atoms with Crippen LogP contribution in [0.1, 0.15) is 24.2 Å². The van der Waals surface area contributed by atoms with Crippen LogP contribution in [0.3, 0.4) is 0 Å². The second-order valence-electron chi connectivity index (χ2n) is 3.37. The van der Waals surface area contributed by atoms with Gasteiger partial charge in [0.1, 0.15) is 6.61 Å². The zero-order valence-corrected chi connectivity index (χ0v) is 8.49. The predicted octanol–water partition coefficient (Wildman–Crippen LogP) is 1.88. The number of ketones is 1. The van der Waals surface area contributed by atoms with Gasteiger partial charge in [0, 0.05) is 11.3 Å². The lowest BCUT2D eigenvalue weighted by Gasteiger charge is -2.07. The molecule has 0 spiro atoms. The first-order valence-corrected chi connectivity index (χ1v) is 4.60. The Balaban J connectivity index is 2.65. The van der Waals surface area contributed by atoms with Crippen molar-refractivity contribution in [2.45, 2.75) is 20.0 Å². The van der Waals surface area contributed by atoms with E-state index in [-0.39, 0.29) is 18.5 Å². The van der Waals surface area contributed by atoms with Gasteiger partial charge in [-0.1, -0.05) is 12.1 Å². The maximum Gasteiger partial charge on any atom is 0.190 e. The molecule has 0 aliphatic heterocycles. The summed E-state index contributed by atoms with van der Waals surface area (Å²) in [7, 11) is 0. The Morgan fingerprint density at radius 1 is 1.43 bits per heavy atom. The lowest BCUT2D eigenvalue weighted by atomic mass is 10.1. The molecule has 0 saturated carbocycles. The summed E-state index contributed by atoms with van der Waals surface area (Å²) in [5.41, 5.74) is 6.69. The Morgan fingerprint density at radius 3 is 2.64 bits per heavy atom. The number of ether oxygens (including phenoxy) is 1. The summed E-state index contributed by atoms with van der Waals surface area (Å²) < 4.78 is 5.21. The molecule has 0 atom stereocenters. The number of anilines is 1. The van der Waals surface area contributed by atoms with Gasteiger partial charge in [0.15, 0.2) is 5.78 Å². The molecule has 0 radical (unpaired) electrons. The van der Waals surface area contributed by atoms with Crippen LogP contribution in [-0.2, 0) is 4.74 Å². The minimum absolute atomic E-state index is 0.0592. The fourth-order valence-corrected chi connectivity index (χ4v) is 1.07. The van der Waals surface area contributed by atoms with Gasteiger partial charge in [-0.3, -0.25) is 4.79 Å². The maximum absolute atomic E-state index is 11.6. The van der Waals surface area contributed by atoms with E-state index in [4.69, 9.17) is 10.5 Å². The molecule has 0 aliphatic rings. The van der Waals surface area contributed by atoms with E-state index in [9.17, 15) is 4.79 Å². The lowest BCUT2D eigenvalue weighted by Crippen LogP contribution is -2.14. The highest BCUT2D eigenvalue weighted by atomic mass is 16.5. The molecule has 0 heterocycles. The molecule has 3 heteroatoms. The van der Waals surface area contributed by atoms with Crippen molar-refractivity contribution in [3.8, 4) is 0 Å². The van der Waals surface area contributed by atoms with Crippen LogP contribution >= 0.6 is 0 Å². The van der Waals surface area contributed by atoms with E-state index in [1.807, 2.05) is 13.8 Å². The van der Waals surface area contributed by atoms with Gasteiger partial charge in [-0.05, 0) is 26.0 Å². The molecular weight excluding hydrogens is 178 g/mol. The maximum atomic E-state index is 11.6. The summed E-state index contributed by atoms with van der Waals surface area (Å²) in [6, 6.07) is 7.01. The molecule has 0 fully saturated rings. The number of Topliss-reactive ketones (excluding diaryl/α,β-unsaturated/α-hetero) is 1. The SMILES string of the molecule is CC(C)OCC(=O)c1ccccc1N. The number of carbonyl (C=O) groups is 1. The van der Waals surface area contributed by atoms with Crippen molar-refractivity contribution < 1.29 is 9.53 Å². The van der Waals surface area contributed by atoms with E-state index in [2.05, 4.69) is 0 Å². The highest BCUT2D eigenvalue weighted by Gasteiger charge is 2.09. The van der Waals surface area contributed by atoms with Crippen molar-refractivity contribution in [2.75, 3.05) is 12.3 Å². The molecule has 0 saturated heterocycles. The van der Waals surface area contributed by atoms with Crippen molar-refractivity contribution in [3.63, 3.8) is 0 Å². The Hall–Kier alpha value is -1.35. The Bertz CT molecular complexity index is 321. The van der Waals surface area contributed by atoms with E-state index in [1.165, 1.54) is 0 Å². The van der Waals surface area contributed by atoms with E-state index in [1.54, 1.807) is 24.3 Å². The van der Waals surface area contributed by atoms with E-state index < -0.39 is 0 Å². The van der Waals surface area contributed by atoms with Gasteiger partial charge in [-0.2, -0.15) is 0 Å². The summed E-state index contributed by atoms with van der Waals surface area (Å²) in [4.78, 5) is 11.6. The van der Waals surface area contributed by atoms with E-state index in [0.717, 1.165) is 0 Å². The number of hydrogen-bond donors (Lipinski definition) is 1. The minimum Gasteiger partial charge on any atom is -0.398 e. The van der Waals surface area contributed by atoms with Gasteiger partial charge in [-0.15, -0.1) is 0 Å². The lowest BCUT2D eigenvalue weighted by molar-refractivity contribution is 0.0585. The molecule has 0 aromatic heterocycles. The molecular formula is C11H15NO2. The third kappa shape index (κ3) is 2.85. The molecule has 14 heavy (non-hydrogen) atoms. The average molecular weight is 193 g/mol. The Kier molecular flexibility index (Phi) is 3.65. The highest BCUT2D eigenvalue weighted by Crippen LogP contribution is 2.11. The normalized spacial score (nSPS) is 10.5. The molecule has 0 bridgehead atoms. The van der Waals surface area contributed by atoms with Gasteiger partial charge >= 0.3 is 0 Å². The number of rotatable bonds is 4. The third-order valence-corrected chi connectivity index (χ3v) is 1.81. The smallest absolute Gasteiger partial charge is 0.190 e. The molecule has 1 aromatic rings. The zero-order valence-electron chi connectivity index (χ0n) is 8.49. The minimum atomic E-state index is -0.0724. The van der Waals surface area contributed by atoms with Gasteiger partial charge < -0.3 is 10.5 Å². The second-order valence-corrected chi connectivity index (χ2v) is 3.37. The molecule has 0 unspecified atom stereocenters. The van der Waals surface area contributed by atoms with Gasteiger partial charge in [-0.25, -0.2) is 0 Å². The standard InChI is InChI=1S/C11H15NO2/c1-8(2)14-7-11(13)9-5-3-4-6-10(9)12/h3-6,8H,7,12H2,1-2H3. The van der Waals surface area contributed by atoms with E-state index in [0.29, 0.717) is 11.3 Å². The Morgan fingerprint density at radius 2 is 2.07 bits per heavy atom. The van der Waals surface area contributed by atoms with Gasteiger partial charge in [0.25, 0.3) is 0 Å². The second kappa shape index (κ2) is 4.77. The largest absolute Gasteiger partial charge is 0.398 e. The summed E-state index contributed by atoms with van der Waals surface area (Å²) in [5.74, 6) is -0.0724. The monoisotopic (exact) mass is 193 g/mol. The number of nitrogen functional groups attached to an aromatic ring is 1. The summed E-state index contributed by atoms with van der Waals surface area (Å²) in [5, 5.41) is 0. The Labute approximate surface area is 83.9 Å². The highest BCUT2D eigenvalue weighted by molar-refractivity contribution is 6.01. The molecule has 76 valence electrons. The van der Waals surface area contributed by atoms with Gasteiger partial charge in [0.05, 0.1) is 6.10 Å². The molecule has 1 aromatic carbocycles. The fraction of sp³-hybridized carbons (Fsp3) is 0.364. The number of carbonyl (C=O) groups excluding carboxylic acids is 1. The van der Waals surface area contributed by atoms with Crippen molar-refractivity contribution in [1.29, 1.82) is 0 Å². The quantitative estimate of drug-likeness (QED) is 0.586. The first kappa shape index (κ1) is 10.7. The summed E-state index contributed by atoms with van der Waals surface area (Å²) in [6.45, 7) is 3.87. The van der Waals surface area contributed by atoms with Crippen molar-refractivity contribution in [2.24, 2.45) is 0 Å². The first-order chi connectivity index (χ1) is 6.61. The van der Waals surface area contributed by atoms with Crippen molar-refractivity contribution >= 4 is 11.5 Å². The van der Waals surface area contributed by atoms with Gasteiger partial charge in [0.2, 0.25) is 0 Å². The zero-order chi connectivity index (χ0) is 10.6. The van der Waals surface area contributed by atoms with Crippen LogP contribution in [0.4, 0.5) is 5.69 Å². The third-order valence-electron chi connectivity index (χ3n) is 1.81. The van der Waals surface area contributed by atoms with Crippen molar-refractivity contribution in [1.82, 2.24) is 0 Å². The number of hydrogen-bond acceptors (Lipinski definition) is 3. The van der Waals surface area contributed by atoms with Crippen molar-refractivity contribution in [3.05, 3.63) is 29.8 Å². The van der Waals surface area contributed by atoms with Crippen LogP contribution in [0, 0.1) is 0 Å². The molecule has 0 aliphatic carbocycles. The molecule has 0 amide bonds. The molecule has 2 N–H and O–H groups in total. The number of benzene rings is 1. The molecule has 3 nitrogen and oxygen atoms in total. The van der Waals surface area contributed by atoms with Crippen LogP contribution in [0.5, 0.6) is 0 Å². The fourth-order valence-electron chi connectivity index (χ4n) is 1.07. The van der Waals surface area contributed by atoms with Crippen LogP contribution < -0.4 is 5.73 Å². The van der Waals surface area contributed by atoms with Crippen LogP contribution in [0.15, 0.2) is 24.3 Å². The summed E-state index contributed by atoms with van der Waals surface area (Å²) in [6.07, 6.45) is 0.0592. The first-order valence-electron chi connectivity index (χ1n) is 4.60. The summed E-state index contributed by atoms with van der Waals surface area (Å²) >= 11 is 0. The van der Waals surface area contributed by atoms with Crippen LogP contribution in [-0.4, -0.2) is 18.5 Å². The van der Waals surface area contributed by atoms with E-state index >= 15 is 0 Å². The average Bonchev–Trinajstić information content (AvgIpc) is 2.15. The number of nitrogens with two attached hydrogens (primary N) is 1. The van der Waals surface area contributed by atoms with Crippen LogP contribution in [0.2, 0.25) is 0 Å². The number of para-hydroxylation sites is 1. The predicted molar refractivity (Wildman–Crippen MR) is 56.3 cm³/mol. The molecule has 1 rings (SSSR count).